The van der Waals surface area contributed by atoms with E-state index in [-0.39, 0.29) is 0 Å². The van der Waals surface area contributed by atoms with Gasteiger partial charge in [-0.2, -0.15) is 0 Å². The predicted molar refractivity (Wildman–Crippen MR) is 92.0 cm³/mol. The molecule has 0 heterocycles. The summed E-state index contributed by atoms with van der Waals surface area (Å²) in [6.45, 7) is 12.7. The molecule has 1 N–H and O–H groups in total. The van der Waals surface area contributed by atoms with E-state index in [4.69, 9.17) is 4.74 Å². The fourth-order valence-electron chi connectivity index (χ4n) is 2.42. The fourth-order valence-corrected chi connectivity index (χ4v) is 2.42. The van der Waals surface area contributed by atoms with Crippen LogP contribution in [0, 0.1) is 5.92 Å². The van der Waals surface area contributed by atoms with Crippen LogP contribution in [-0.2, 0) is 11.3 Å². The second kappa shape index (κ2) is 9.80. The zero-order valence-electron chi connectivity index (χ0n) is 14.4. The van der Waals surface area contributed by atoms with Crippen molar-refractivity contribution in [3.63, 3.8) is 0 Å². The van der Waals surface area contributed by atoms with Gasteiger partial charge in [-0.05, 0) is 37.4 Å². The number of ether oxygens (including phenoxy) is 1. The molecule has 0 aliphatic heterocycles. The molecule has 0 aliphatic rings. The van der Waals surface area contributed by atoms with Crippen LogP contribution in [0.2, 0.25) is 0 Å². The van der Waals surface area contributed by atoms with Gasteiger partial charge in [-0.25, -0.2) is 0 Å². The van der Waals surface area contributed by atoms with Crippen LogP contribution in [0.25, 0.3) is 0 Å². The van der Waals surface area contributed by atoms with Crippen molar-refractivity contribution in [3.8, 4) is 0 Å². The van der Waals surface area contributed by atoms with E-state index in [0.29, 0.717) is 12.0 Å². The summed E-state index contributed by atoms with van der Waals surface area (Å²) in [7, 11) is 1.77. The maximum Gasteiger partial charge on any atom is 0.0637 e. The number of nitrogens with one attached hydrogen (secondary N) is 1. The lowest BCUT2D eigenvalue weighted by Gasteiger charge is -2.32. The van der Waals surface area contributed by atoms with Crippen molar-refractivity contribution in [1.29, 1.82) is 0 Å². The minimum atomic E-state index is 0.520. The summed E-state index contributed by atoms with van der Waals surface area (Å²) < 4.78 is 5.28. The highest BCUT2D eigenvalue weighted by molar-refractivity contribution is 5.54. The molecule has 0 saturated carbocycles. The van der Waals surface area contributed by atoms with Gasteiger partial charge in [0, 0.05) is 31.9 Å². The first-order valence-electron chi connectivity index (χ1n) is 8.14. The molecule has 0 saturated heterocycles. The maximum atomic E-state index is 5.28. The van der Waals surface area contributed by atoms with E-state index in [0.717, 1.165) is 32.7 Å². The zero-order chi connectivity index (χ0) is 15.7. The van der Waals surface area contributed by atoms with Gasteiger partial charge in [0.1, 0.15) is 0 Å². The molecule has 120 valence electrons. The largest absolute Gasteiger partial charge is 0.383 e. The molecule has 0 aliphatic carbocycles. The Morgan fingerprint density at radius 1 is 1.19 bits per heavy atom. The lowest BCUT2D eigenvalue weighted by Crippen LogP contribution is -2.36. The van der Waals surface area contributed by atoms with Gasteiger partial charge in [0.15, 0.2) is 0 Å². The summed E-state index contributed by atoms with van der Waals surface area (Å²) in [5.41, 5.74) is 2.70. The number of rotatable bonds is 10. The smallest absolute Gasteiger partial charge is 0.0637 e. The van der Waals surface area contributed by atoms with Crippen molar-refractivity contribution >= 4 is 5.69 Å². The Bertz CT molecular complexity index is 393. The summed E-state index contributed by atoms with van der Waals surface area (Å²) >= 11 is 0. The van der Waals surface area contributed by atoms with Crippen molar-refractivity contribution in [2.75, 3.05) is 31.7 Å². The summed E-state index contributed by atoms with van der Waals surface area (Å²) in [5.74, 6) is 0.677. The molecule has 0 bridgehead atoms. The first-order valence-corrected chi connectivity index (χ1v) is 8.14. The number of hydrogen-bond donors (Lipinski definition) is 1. The molecule has 1 aromatic carbocycles. The molecule has 3 nitrogen and oxygen atoms in total. The second-order valence-electron chi connectivity index (χ2n) is 6.10. The third-order valence-electron chi connectivity index (χ3n) is 3.83. The lowest BCUT2D eigenvalue weighted by molar-refractivity contribution is 0.203. The minimum Gasteiger partial charge on any atom is -0.383 e. The number of anilines is 1. The van der Waals surface area contributed by atoms with Crippen molar-refractivity contribution in [2.45, 2.75) is 46.7 Å². The first kappa shape index (κ1) is 18.0. The monoisotopic (exact) mass is 292 g/mol. The molecular weight excluding hydrogens is 260 g/mol. The van der Waals surface area contributed by atoms with Gasteiger partial charge in [-0.3, -0.25) is 0 Å². The SMILES string of the molecule is CCC(C)N(CCOC)c1ccccc1CNCC(C)C. The number of benzene rings is 1. The normalized spacial score (nSPS) is 12.7. The third kappa shape index (κ3) is 6.06. The van der Waals surface area contributed by atoms with Gasteiger partial charge in [0.05, 0.1) is 6.61 Å². The van der Waals surface area contributed by atoms with Crippen molar-refractivity contribution in [2.24, 2.45) is 5.92 Å². The van der Waals surface area contributed by atoms with Gasteiger partial charge in [0.2, 0.25) is 0 Å². The minimum absolute atomic E-state index is 0.520. The van der Waals surface area contributed by atoms with Crippen LogP contribution in [0.15, 0.2) is 24.3 Å². The molecule has 3 heteroatoms. The number of para-hydroxylation sites is 1. The predicted octanol–water partition coefficient (Wildman–Crippen LogP) is 3.68. The fraction of sp³-hybridized carbons (Fsp3) is 0.667. The Labute approximate surface area is 130 Å². The van der Waals surface area contributed by atoms with E-state index >= 15 is 0 Å². The van der Waals surface area contributed by atoms with Crippen molar-refractivity contribution in [1.82, 2.24) is 5.32 Å². The Kier molecular flexibility index (Phi) is 8.40. The van der Waals surface area contributed by atoms with Crippen LogP contribution in [-0.4, -0.2) is 32.8 Å². The molecule has 1 aromatic rings. The zero-order valence-corrected chi connectivity index (χ0v) is 14.4. The highest BCUT2D eigenvalue weighted by Gasteiger charge is 2.15. The van der Waals surface area contributed by atoms with E-state index in [2.05, 4.69) is 62.2 Å². The second-order valence-corrected chi connectivity index (χ2v) is 6.10. The van der Waals surface area contributed by atoms with E-state index in [1.807, 2.05) is 0 Å². The van der Waals surface area contributed by atoms with Crippen LogP contribution in [0.3, 0.4) is 0 Å². The van der Waals surface area contributed by atoms with Gasteiger partial charge < -0.3 is 15.0 Å². The third-order valence-corrected chi connectivity index (χ3v) is 3.83. The van der Waals surface area contributed by atoms with Gasteiger partial charge in [0.25, 0.3) is 0 Å². The Morgan fingerprint density at radius 2 is 1.90 bits per heavy atom. The number of hydrogen-bond acceptors (Lipinski definition) is 3. The van der Waals surface area contributed by atoms with Crippen LogP contribution < -0.4 is 10.2 Å². The summed E-state index contributed by atoms with van der Waals surface area (Å²) in [5, 5.41) is 3.55. The Balaban J connectivity index is 2.85. The molecule has 0 radical (unpaired) electrons. The van der Waals surface area contributed by atoms with E-state index in [1.54, 1.807) is 7.11 Å². The number of nitrogens with zero attached hydrogens (tertiary/aromatic N) is 1. The van der Waals surface area contributed by atoms with Crippen LogP contribution >= 0.6 is 0 Å². The molecule has 0 spiro atoms. The van der Waals surface area contributed by atoms with E-state index in [9.17, 15) is 0 Å². The van der Waals surface area contributed by atoms with Crippen LogP contribution in [0.1, 0.15) is 39.7 Å². The van der Waals surface area contributed by atoms with Gasteiger partial charge >= 0.3 is 0 Å². The van der Waals surface area contributed by atoms with Crippen LogP contribution in [0.4, 0.5) is 5.69 Å². The maximum absolute atomic E-state index is 5.28. The van der Waals surface area contributed by atoms with Gasteiger partial charge in [-0.15, -0.1) is 0 Å². The molecule has 21 heavy (non-hydrogen) atoms. The van der Waals surface area contributed by atoms with Crippen molar-refractivity contribution < 1.29 is 4.74 Å². The quantitative estimate of drug-likeness (QED) is 0.712. The molecule has 0 amide bonds. The topological polar surface area (TPSA) is 24.5 Å². The summed E-state index contributed by atoms with van der Waals surface area (Å²) in [6.07, 6.45) is 1.14. The van der Waals surface area contributed by atoms with E-state index < -0.39 is 0 Å². The van der Waals surface area contributed by atoms with Crippen LogP contribution in [0.5, 0.6) is 0 Å². The highest BCUT2D eigenvalue weighted by Crippen LogP contribution is 2.23. The molecule has 0 fully saturated rings. The highest BCUT2D eigenvalue weighted by atomic mass is 16.5. The molecule has 0 aromatic heterocycles. The average molecular weight is 292 g/mol. The Hall–Kier alpha value is -1.06. The average Bonchev–Trinajstić information content (AvgIpc) is 2.48. The van der Waals surface area contributed by atoms with Gasteiger partial charge in [-0.1, -0.05) is 39.0 Å². The molecule has 1 unspecified atom stereocenters. The first-order chi connectivity index (χ1) is 10.1. The Morgan fingerprint density at radius 3 is 2.52 bits per heavy atom. The lowest BCUT2D eigenvalue weighted by atomic mass is 10.1. The molecule has 1 atom stereocenters. The number of methoxy groups -OCH3 is 1. The molecular formula is C18H32N2O. The molecule has 1 rings (SSSR count). The summed E-state index contributed by atoms with van der Waals surface area (Å²) in [6, 6.07) is 9.23. The summed E-state index contributed by atoms with van der Waals surface area (Å²) in [4.78, 5) is 2.47. The standard InChI is InChI=1S/C18H32N2O/c1-6-16(4)20(11-12-21-5)18-10-8-7-9-17(18)14-19-13-15(2)3/h7-10,15-16,19H,6,11-14H2,1-5H3. The van der Waals surface area contributed by atoms with Crippen molar-refractivity contribution in [3.05, 3.63) is 29.8 Å². The van der Waals surface area contributed by atoms with E-state index in [1.165, 1.54) is 11.3 Å².